The van der Waals surface area contributed by atoms with Crippen molar-refractivity contribution >= 4 is 5.78 Å². The number of ketones is 1. The molecule has 0 aromatic heterocycles. The Morgan fingerprint density at radius 3 is 2.44 bits per heavy atom. The molecule has 1 aliphatic rings. The summed E-state index contributed by atoms with van der Waals surface area (Å²) in [7, 11) is 0. The summed E-state index contributed by atoms with van der Waals surface area (Å²) in [5.74, 6) is 1.10. The number of carbonyl (C=O) groups is 1. The first-order valence-electron chi connectivity index (χ1n) is 7.41. The lowest BCUT2D eigenvalue weighted by atomic mass is 9.75. The van der Waals surface area contributed by atoms with Gasteiger partial charge in [-0.05, 0) is 32.6 Å². The summed E-state index contributed by atoms with van der Waals surface area (Å²) in [6.07, 6.45) is 11.0. The van der Waals surface area contributed by atoms with E-state index in [-0.39, 0.29) is 11.5 Å². The average molecular weight is 251 g/mol. The minimum Gasteiger partial charge on any atom is -0.301 e. The van der Waals surface area contributed by atoms with Crippen LogP contribution in [-0.2, 0) is 4.79 Å². The molecule has 1 unspecified atom stereocenters. The predicted molar refractivity (Wildman–Crippen MR) is 77.6 cm³/mol. The van der Waals surface area contributed by atoms with Crippen LogP contribution in [0.25, 0.3) is 0 Å². The van der Waals surface area contributed by atoms with E-state index in [0.29, 0.717) is 18.2 Å². The number of hydrogen-bond acceptors (Lipinski definition) is 2. The van der Waals surface area contributed by atoms with Gasteiger partial charge in [0.15, 0.2) is 0 Å². The molecule has 0 spiro atoms. The molecule has 2 nitrogen and oxygen atoms in total. The van der Waals surface area contributed by atoms with Crippen molar-refractivity contribution in [1.29, 1.82) is 0 Å². The van der Waals surface area contributed by atoms with Gasteiger partial charge in [-0.2, -0.15) is 0 Å². The predicted octanol–water partition coefficient (Wildman–Crippen LogP) is 3.72. The van der Waals surface area contributed by atoms with Crippen LogP contribution >= 0.6 is 0 Å². The van der Waals surface area contributed by atoms with Gasteiger partial charge in [-0.15, -0.1) is 0 Å². The average Bonchev–Trinajstić information content (AvgIpc) is 2.37. The Bertz CT molecular complexity index is 289. The maximum atomic E-state index is 11.8. The topological polar surface area (TPSA) is 29.1 Å². The molecule has 1 fully saturated rings. The van der Waals surface area contributed by atoms with E-state index in [1.54, 1.807) is 0 Å². The van der Waals surface area contributed by atoms with Gasteiger partial charge in [-0.3, -0.25) is 4.79 Å². The number of carbonyl (C=O) groups excluding carboxylic acids is 1. The second-order valence-corrected chi connectivity index (χ2v) is 6.09. The molecular weight excluding hydrogens is 222 g/mol. The minimum absolute atomic E-state index is 0.0142. The first kappa shape index (κ1) is 15.4. The lowest BCUT2D eigenvalue weighted by Crippen LogP contribution is -2.50. The molecule has 1 rings (SSSR count). The molecule has 1 N–H and O–H groups in total. The smallest absolute Gasteiger partial charge is 0.149 e. The second kappa shape index (κ2) is 7.08. The van der Waals surface area contributed by atoms with Crippen molar-refractivity contribution in [2.24, 2.45) is 11.8 Å². The molecule has 0 aliphatic heterocycles. The molecule has 1 saturated carbocycles. The summed E-state index contributed by atoms with van der Waals surface area (Å²) in [6, 6.07) is 0. The van der Waals surface area contributed by atoms with E-state index >= 15 is 0 Å². The highest BCUT2D eigenvalue weighted by Crippen LogP contribution is 2.33. The van der Waals surface area contributed by atoms with E-state index < -0.39 is 0 Å². The first-order chi connectivity index (χ1) is 8.49. The van der Waals surface area contributed by atoms with Crippen molar-refractivity contribution in [1.82, 2.24) is 5.32 Å². The van der Waals surface area contributed by atoms with Crippen LogP contribution in [0.5, 0.6) is 0 Å². The van der Waals surface area contributed by atoms with Gasteiger partial charge in [0.25, 0.3) is 0 Å². The number of Topliss-reactive ketones (excluding diaryl/α,β-unsaturated/α-hetero) is 1. The third kappa shape index (κ3) is 4.24. The fourth-order valence-electron chi connectivity index (χ4n) is 2.87. The van der Waals surface area contributed by atoms with E-state index in [2.05, 4.69) is 31.3 Å². The largest absolute Gasteiger partial charge is 0.301 e. The molecule has 0 aromatic carbocycles. The lowest BCUT2D eigenvalue weighted by Gasteiger charge is -2.39. The molecule has 0 heterocycles. The monoisotopic (exact) mass is 251 g/mol. The SMILES string of the molecule is CC=CC(C)(NCC(=O)C(C)C)C1CCCCC1. The molecule has 2 heteroatoms. The van der Waals surface area contributed by atoms with E-state index in [1.807, 2.05) is 13.8 Å². The molecule has 0 aromatic rings. The van der Waals surface area contributed by atoms with Crippen molar-refractivity contribution in [3.8, 4) is 0 Å². The van der Waals surface area contributed by atoms with Crippen molar-refractivity contribution in [2.45, 2.75) is 65.3 Å². The maximum Gasteiger partial charge on any atom is 0.149 e. The van der Waals surface area contributed by atoms with Crippen LogP contribution < -0.4 is 5.32 Å². The molecule has 0 bridgehead atoms. The highest BCUT2D eigenvalue weighted by Gasteiger charge is 2.32. The molecule has 0 amide bonds. The van der Waals surface area contributed by atoms with Crippen LogP contribution in [0.4, 0.5) is 0 Å². The van der Waals surface area contributed by atoms with Crippen molar-refractivity contribution in [3.63, 3.8) is 0 Å². The van der Waals surface area contributed by atoms with Gasteiger partial charge in [-0.25, -0.2) is 0 Å². The summed E-state index contributed by atoms with van der Waals surface area (Å²) in [6.45, 7) is 8.74. The summed E-state index contributed by atoms with van der Waals surface area (Å²) < 4.78 is 0. The van der Waals surface area contributed by atoms with Crippen LogP contribution in [0.15, 0.2) is 12.2 Å². The van der Waals surface area contributed by atoms with Gasteiger partial charge in [0, 0.05) is 11.5 Å². The standard InChI is InChI=1S/C16H29NO/c1-5-11-16(4,14-9-7-6-8-10-14)17-12-15(18)13(2)3/h5,11,13-14,17H,6-10,12H2,1-4H3. The van der Waals surface area contributed by atoms with Gasteiger partial charge >= 0.3 is 0 Å². The van der Waals surface area contributed by atoms with Gasteiger partial charge in [0.1, 0.15) is 5.78 Å². The lowest BCUT2D eigenvalue weighted by molar-refractivity contribution is -0.121. The quantitative estimate of drug-likeness (QED) is 0.729. The molecule has 0 radical (unpaired) electrons. The fraction of sp³-hybridized carbons (Fsp3) is 0.812. The maximum absolute atomic E-state index is 11.8. The van der Waals surface area contributed by atoms with E-state index in [0.717, 1.165) is 0 Å². The molecule has 1 atom stereocenters. The van der Waals surface area contributed by atoms with Gasteiger partial charge in [0.2, 0.25) is 0 Å². The summed E-state index contributed by atoms with van der Waals surface area (Å²) in [4.78, 5) is 11.8. The van der Waals surface area contributed by atoms with E-state index in [1.165, 1.54) is 32.1 Å². The highest BCUT2D eigenvalue weighted by molar-refractivity contribution is 5.82. The Kier molecular flexibility index (Phi) is 6.07. The fourth-order valence-corrected chi connectivity index (χ4v) is 2.87. The zero-order chi connectivity index (χ0) is 13.6. The van der Waals surface area contributed by atoms with E-state index in [4.69, 9.17) is 0 Å². The van der Waals surface area contributed by atoms with Crippen LogP contribution in [0.3, 0.4) is 0 Å². The van der Waals surface area contributed by atoms with Crippen LogP contribution in [0.2, 0.25) is 0 Å². The Morgan fingerprint density at radius 2 is 1.94 bits per heavy atom. The number of allylic oxidation sites excluding steroid dienone is 1. The van der Waals surface area contributed by atoms with Crippen LogP contribution in [0.1, 0.15) is 59.8 Å². The zero-order valence-corrected chi connectivity index (χ0v) is 12.5. The molecular formula is C16H29NO. The Labute approximate surface area is 112 Å². The second-order valence-electron chi connectivity index (χ2n) is 6.09. The molecule has 0 saturated heterocycles. The zero-order valence-electron chi connectivity index (χ0n) is 12.5. The Balaban J connectivity index is 2.64. The van der Waals surface area contributed by atoms with Crippen molar-refractivity contribution < 1.29 is 4.79 Å². The normalized spacial score (nSPS) is 21.4. The summed E-state index contributed by atoms with van der Waals surface area (Å²) in [5.41, 5.74) is -0.0142. The third-order valence-electron chi connectivity index (χ3n) is 4.25. The van der Waals surface area contributed by atoms with Crippen molar-refractivity contribution in [2.75, 3.05) is 6.54 Å². The summed E-state index contributed by atoms with van der Waals surface area (Å²) in [5, 5.41) is 3.51. The summed E-state index contributed by atoms with van der Waals surface area (Å²) >= 11 is 0. The van der Waals surface area contributed by atoms with Gasteiger partial charge in [-0.1, -0.05) is 45.3 Å². The van der Waals surface area contributed by atoms with Crippen molar-refractivity contribution in [3.05, 3.63) is 12.2 Å². The van der Waals surface area contributed by atoms with Gasteiger partial charge < -0.3 is 5.32 Å². The number of nitrogens with one attached hydrogen (secondary N) is 1. The third-order valence-corrected chi connectivity index (χ3v) is 4.25. The Hall–Kier alpha value is -0.630. The molecule has 1 aliphatic carbocycles. The molecule has 18 heavy (non-hydrogen) atoms. The van der Waals surface area contributed by atoms with Gasteiger partial charge in [0.05, 0.1) is 6.54 Å². The highest BCUT2D eigenvalue weighted by atomic mass is 16.1. The molecule has 104 valence electrons. The van der Waals surface area contributed by atoms with E-state index in [9.17, 15) is 4.79 Å². The minimum atomic E-state index is -0.0142. The number of rotatable bonds is 6. The van der Waals surface area contributed by atoms with Crippen LogP contribution in [0, 0.1) is 11.8 Å². The first-order valence-corrected chi connectivity index (χ1v) is 7.41. The van der Waals surface area contributed by atoms with Crippen LogP contribution in [-0.4, -0.2) is 17.9 Å². The Morgan fingerprint density at radius 1 is 1.33 bits per heavy atom. The number of hydrogen-bond donors (Lipinski definition) is 1.